The number of H-pyrrole nitrogens is 1. The van der Waals surface area contributed by atoms with E-state index in [2.05, 4.69) is 38.9 Å². The fourth-order valence-corrected chi connectivity index (χ4v) is 2.27. The molecule has 0 bridgehead atoms. The van der Waals surface area contributed by atoms with Crippen LogP contribution in [-0.4, -0.2) is 9.97 Å². The topological polar surface area (TPSA) is 28.7 Å². The van der Waals surface area contributed by atoms with Gasteiger partial charge in [0.25, 0.3) is 0 Å². The normalized spacial score (nSPS) is 11.9. The molecule has 0 unspecified atom stereocenters. The molecule has 0 aliphatic rings. The van der Waals surface area contributed by atoms with Crippen molar-refractivity contribution in [1.29, 1.82) is 0 Å². The molecule has 0 fully saturated rings. The van der Waals surface area contributed by atoms with Crippen LogP contribution in [0.25, 0.3) is 12.2 Å². The van der Waals surface area contributed by atoms with Gasteiger partial charge < -0.3 is 4.98 Å². The standard InChI is InChI=1S/C18H28N2/c1-6-9-11-12-14-18(4,5)17-19-15(8-3)16(20-17)13-10-7-2/h7-8,10,13H,2-3,6,9,11-12,14H2,1,4-5H3,(H,19,20)/b13-10-. The molecular weight excluding hydrogens is 244 g/mol. The summed E-state index contributed by atoms with van der Waals surface area (Å²) in [5.74, 6) is 1.05. The molecule has 110 valence electrons. The Morgan fingerprint density at radius 3 is 2.55 bits per heavy atom. The second-order valence-corrected chi connectivity index (χ2v) is 5.88. The van der Waals surface area contributed by atoms with Crippen molar-refractivity contribution in [3.8, 4) is 0 Å². The number of imidazole rings is 1. The van der Waals surface area contributed by atoms with Gasteiger partial charge >= 0.3 is 0 Å². The van der Waals surface area contributed by atoms with Crippen molar-refractivity contribution in [3.63, 3.8) is 0 Å². The van der Waals surface area contributed by atoms with Crippen LogP contribution in [0.5, 0.6) is 0 Å². The summed E-state index contributed by atoms with van der Waals surface area (Å²) >= 11 is 0. The first-order valence-electron chi connectivity index (χ1n) is 7.57. The number of allylic oxidation sites excluding steroid dienone is 2. The van der Waals surface area contributed by atoms with Crippen LogP contribution >= 0.6 is 0 Å². The molecule has 0 aromatic carbocycles. The number of aromatic amines is 1. The highest BCUT2D eigenvalue weighted by molar-refractivity contribution is 5.60. The Morgan fingerprint density at radius 2 is 1.95 bits per heavy atom. The van der Waals surface area contributed by atoms with Crippen LogP contribution in [0.15, 0.2) is 25.3 Å². The molecule has 0 saturated carbocycles. The summed E-state index contributed by atoms with van der Waals surface area (Å²) in [5.41, 5.74) is 2.00. The zero-order valence-electron chi connectivity index (χ0n) is 13.2. The maximum atomic E-state index is 4.73. The minimum absolute atomic E-state index is 0.0752. The SMILES string of the molecule is C=C/C=C\c1nc(C(C)(C)CCCCCC)[nH]c1C=C. The van der Waals surface area contributed by atoms with Gasteiger partial charge in [-0.15, -0.1) is 0 Å². The van der Waals surface area contributed by atoms with Crippen LogP contribution in [-0.2, 0) is 5.41 Å². The molecule has 0 amide bonds. The van der Waals surface area contributed by atoms with E-state index in [0.29, 0.717) is 0 Å². The number of rotatable bonds is 9. The highest BCUT2D eigenvalue weighted by Crippen LogP contribution is 2.28. The average Bonchev–Trinajstić information content (AvgIpc) is 2.85. The second-order valence-electron chi connectivity index (χ2n) is 5.88. The van der Waals surface area contributed by atoms with Crippen molar-refractivity contribution in [1.82, 2.24) is 9.97 Å². The van der Waals surface area contributed by atoms with Crippen LogP contribution < -0.4 is 0 Å². The van der Waals surface area contributed by atoms with Gasteiger partial charge in [-0.2, -0.15) is 0 Å². The zero-order valence-corrected chi connectivity index (χ0v) is 13.2. The van der Waals surface area contributed by atoms with Crippen molar-refractivity contribution >= 4 is 12.2 Å². The third kappa shape index (κ3) is 4.52. The summed E-state index contributed by atoms with van der Waals surface area (Å²) < 4.78 is 0. The van der Waals surface area contributed by atoms with Gasteiger partial charge in [0, 0.05) is 5.41 Å². The molecule has 1 heterocycles. The lowest BCUT2D eigenvalue weighted by Gasteiger charge is -2.22. The van der Waals surface area contributed by atoms with E-state index in [1.807, 2.05) is 18.2 Å². The van der Waals surface area contributed by atoms with Gasteiger partial charge in [-0.3, -0.25) is 0 Å². The Labute approximate surface area is 123 Å². The highest BCUT2D eigenvalue weighted by atomic mass is 14.9. The quantitative estimate of drug-likeness (QED) is 0.466. The van der Waals surface area contributed by atoms with Gasteiger partial charge in [0.05, 0.1) is 11.4 Å². The zero-order chi connectivity index (χ0) is 15.0. The van der Waals surface area contributed by atoms with Gasteiger partial charge in [-0.1, -0.05) is 71.8 Å². The molecule has 1 aromatic rings. The van der Waals surface area contributed by atoms with E-state index in [4.69, 9.17) is 4.98 Å². The number of nitrogens with one attached hydrogen (secondary N) is 1. The van der Waals surface area contributed by atoms with E-state index >= 15 is 0 Å². The predicted molar refractivity (Wildman–Crippen MR) is 89.7 cm³/mol. The molecule has 0 atom stereocenters. The number of unbranched alkanes of at least 4 members (excludes halogenated alkanes) is 3. The number of aromatic nitrogens is 2. The molecule has 1 rings (SSSR count). The van der Waals surface area contributed by atoms with Crippen LogP contribution in [0, 0.1) is 0 Å². The van der Waals surface area contributed by atoms with E-state index in [9.17, 15) is 0 Å². The number of hydrogen-bond acceptors (Lipinski definition) is 1. The monoisotopic (exact) mass is 272 g/mol. The molecule has 1 aromatic heterocycles. The summed E-state index contributed by atoms with van der Waals surface area (Å²) in [6, 6.07) is 0. The number of nitrogens with zero attached hydrogens (tertiary/aromatic N) is 1. The van der Waals surface area contributed by atoms with E-state index in [1.165, 1.54) is 25.7 Å². The fourth-order valence-electron chi connectivity index (χ4n) is 2.27. The molecule has 2 heteroatoms. The Kier molecular flexibility index (Phi) is 6.50. The van der Waals surface area contributed by atoms with Gasteiger partial charge in [0.2, 0.25) is 0 Å². The van der Waals surface area contributed by atoms with E-state index in [1.54, 1.807) is 6.08 Å². The summed E-state index contributed by atoms with van der Waals surface area (Å²) in [4.78, 5) is 8.13. The van der Waals surface area contributed by atoms with Crippen molar-refractivity contribution in [2.75, 3.05) is 0 Å². The van der Waals surface area contributed by atoms with Crippen LogP contribution in [0.1, 0.15) is 70.1 Å². The number of hydrogen-bond donors (Lipinski definition) is 1. The predicted octanol–water partition coefficient (Wildman–Crippen LogP) is 5.50. The van der Waals surface area contributed by atoms with Crippen molar-refractivity contribution in [2.24, 2.45) is 0 Å². The Balaban J connectivity index is 2.83. The van der Waals surface area contributed by atoms with Gasteiger partial charge in [0.15, 0.2) is 0 Å². The third-order valence-electron chi connectivity index (χ3n) is 3.65. The maximum Gasteiger partial charge on any atom is 0.112 e. The molecule has 0 spiro atoms. The van der Waals surface area contributed by atoms with Crippen molar-refractivity contribution in [3.05, 3.63) is 42.5 Å². The lowest BCUT2D eigenvalue weighted by molar-refractivity contribution is 0.426. The van der Waals surface area contributed by atoms with Crippen LogP contribution in [0.4, 0.5) is 0 Å². The smallest absolute Gasteiger partial charge is 0.112 e. The molecule has 0 saturated heterocycles. The second kappa shape index (κ2) is 7.88. The molecule has 0 aliphatic carbocycles. The Hall–Kier alpha value is -1.57. The highest BCUT2D eigenvalue weighted by Gasteiger charge is 2.24. The van der Waals surface area contributed by atoms with Gasteiger partial charge in [-0.05, 0) is 18.6 Å². The van der Waals surface area contributed by atoms with Crippen LogP contribution in [0.2, 0.25) is 0 Å². The summed E-state index contributed by atoms with van der Waals surface area (Å²) in [7, 11) is 0. The average molecular weight is 272 g/mol. The lowest BCUT2D eigenvalue weighted by Crippen LogP contribution is -2.19. The fraction of sp³-hybridized carbons (Fsp3) is 0.500. The van der Waals surface area contributed by atoms with E-state index in [0.717, 1.165) is 23.6 Å². The Bertz CT molecular complexity index is 464. The first-order chi connectivity index (χ1) is 9.55. The lowest BCUT2D eigenvalue weighted by atomic mass is 9.86. The Morgan fingerprint density at radius 1 is 1.20 bits per heavy atom. The van der Waals surface area contributed by atoms with E-state index in [-0.39, 0.29) is 5.41 Å². The van der Waals surface area contributed by atoms with Crippen molar-refractivity contribution < 1.29 is 0 Å². The molecular formula is C18H28N2. The minimum atomic E-state index is 0.0752. The molecule has 0 radical (unpaired) electrons. The molecule has 1 N–H and O–H groups in total. The largest absolute Gasteiger partial charge is 0.342 e. The van der Waals surface area contributed by atoms with E-state index < -0.39 is 0 Å². The first-order valence-corrected chi connectivity index (χ1v) is 7.57. The van der Waals surface area contributed by atoms with Crippen molar-refractivity contribution in [2.45, 2.75) is 58.3 Å². The minimum Gasteiger partial charge on any atom is -0.342 e. The first kappa shape index (κ1) is 16.5. The molecule has 2 nitrogen and oxygen atoms in total. The third-order valence-corrected chi connectivity index (χ3v) is 3.65. The van der Waals surface area contributed by atoms with Crippen LogP contribution in [0.3, 0.4) is 0 Å². The summed E-state index contributed by atoms with van der Waals surface area (Å²) in [6.45, 7) is 14.3. The maximum absolute atomic E-state index is 4.73. The molecule has 20 heavy (non-hydrogen) atoms. The molecule has 0 aliphatic heterocycles. The van der Waals surface area contributed by atoms with Gasteiger partial charge in [-0.25, -0.2) is 4.98 Å². The van der Waals surface area contributed by atoms with Gasteiger partial charge in [0.1, 0.15) is 5.82 Å². The summed E-state index contributed by atoms with van der Waals surface area (Å²) in [6.07, 6.45) is 13.8. The summed E-state index contributed by atoms with van der Waals surface area (Å²) in [5, 5.41) is 0.